The van der Waals surface area contributed by atoms with Crippen LogP contribution in [0.3, 0.4) is 0 Å². The SMILES string of the molecule is CC(CCS(C)(=O)=O)NC(=O)N1CCCC(c2ccn[nH]2)C1. The number of sulfone groups is 1. The number of likely N-dealkylation sites (tertiary alicyclic amines) is 1. The zero-order valence-electron chi connectivity index (χ0n) is 13.1. The van der Waals surface area contributed by atoms with Gasteiger partial charge in [-0.05, 0) is 32.3 Å². The van der Waals surface area contributed by atoms with E-state index in [4.69, 9.17) is 0 Å². The highest BCUT2D eigenvalue weighted by molar-refractivity contribution is 7.90. The maximum atomic E-state index is 12.3. The van der Waals surface area contributed by atoms with Gasteiger partial charge in [-0.3, -0.25) is 5.10 Å². The molecule has 1 saturated heterocycles. The molecule has 2 atom stereocenters. The lowest BCUT2D eigenvalue weighted by molar-refractivity contribution is 0.175. The Morgan fingerprint density at radius 1 is 1.59 bits per heavy atom. The van der Waals surface area contributed by atoms with E-state index in [1.54, 1.807) is 11.1 Å². The van der Waals surface area contributed by atoms with Crippen LogP contribution in [0.2, 0.25) is 0 Å². The zero-order chi connectivity index (χ0) is 16.2. The zero-order valence-corrected chi connectivity index (χ0v) is 13.9. The molecular weight excluding hydrogens is 304 g/mol. The van der Waals surface area contributed by atoms with Gasteiger partial charge in [0.2, 0.25) is 0 Å². The Balaban J connectivity index is 1.84. The standard InChI is InChI=1S/C14H24N4O3S/c1-11(6-9-22(2,20)21)16-14(19)18-8-3-4-12(10-18)13-5-7-15-17-13/h5,7,11-12H,3-4,6,8-10H2,1-2H3,(H,15,17)(H,16,19). The topological polar surface area (TPSA) is 95.2 Å². The number of carbonyl (C=O) groups excluding carboxylic acids is 1. The minimum absolute atomic E-state index is 0.0885. The molecule has 22 heavy (non-hydrogen) atoms. The number of nitrogens with one attached hydrogen (secondary N) is 2. The van der Waals surface area contributed by atoms with Gasteiger partial charge in [0.05, 0.1) is 5.75 Å². The number of aromatic amines is 1. The molecule has 124 valence electrons. The third-order valence-electron chi connectivity index (χ3n) is 3.96. The fraction of sp³-hybridized carbons (Fsp3) is 0.714. The maximum Gasteiger partial charge on any atom is 0.317 e. The molecule has 0 spiro atoms. The van der Waals surface area contributed by atoms with Gasteiger partial charge in [0.1, 0.15) is 9.84 Å². The van der Waals surface area contributed by atoms with E-state index < -0.39 is 9.84 Å². The Hall–Kier alpha value is -1.57. The molecule has 2 amide bonds. The van der Waals surface area contributed by atoms with Crippen LogP contribution in [0.15, 0.2) is 12.3 Å². The van der Waals surface area contributed by atoms with Gasteiger partial charge in [-0.15, -0.1) is 0 Å². The normalized spacial score (nSPS) is 20.6. The van der Waals surface area contributed by atoms with Crippen LogP contribution < -0.4 is 5.32 Å². The second-order valence-electron chi connectivity index (χ2n) is 6.07. The fourth-order valence-electron chi connectivity index (χ4n) is 2.67. The number of hydrogen-bond acceptors (Lipinski definition) is 4. The van der Waals surface area contributed by atoms with Crippen LogP contribution in [0.4, 0.5) is 4.79 Å². The van der Waals surface area contributed by atoms with Crippen molar-refractivity contribution in [1.82, 2.24) is 20.4 Å². The Morgan fingerprint density at radius 3 is 3.00 bits per heavy atom. The summed E-state index contributed by atoms with van der Waals surface area (Å²) in [4.78, 5) is 14.1. The molecule has 0 bridgehead atoms. The Bertz CT molecular complexity index is 585. The van der Waals surface area contributed by atoms with Gasteiger partial charge >= 0.3 is 6.03 Å². The number of aromatic nitrogens is 2. The van der Waals surface area contributed by atoms with Crippen molar-refractivity contribution in [3.63, 3.8) is 0 Å². The summed E-state index contributed by atoms with van der Waals surface area (Å²) in [5.41, 5.74) is 1.06. The molecule has 2 rings (SSSR count). The van der Waals surface area contributed by atoms with Crippen LogP contribution >= 0.6 is 0 Å². The van der Waals surface area contributed by atoms with Gasteiger partial charge in [0, 0.05) is 43.2 Å². The number of carbonyl (C=O) groups is 1. The number of urea groups is 1. The molecular formula is C14H24N4O3S. The summed E-state index contributed by atoms with van der Waals surface area (Å²) in [6, 6.07) is 1.67. The van der Waals surface area contributed by atoms with Crippen molar-refractivity contribution < 1.29 is 13.2 Å². The van der Waals surface area contributed by atoms with Crippen LogP contribution in [0.25, 0.3) is 0 Å². The van der Waals surface area contributed by atoms with E-state index in [0.717, 1.165) is 25.1 Å². The lowest BCUT2D eigenvalue weighted by Crippen LogP contribution is -2.47. The third kappa shape index (κ3) is 5.01. The molecule has 1 aliphatic rings. The van der Waals surface area contributed by atoms with Crippen LogP contribution in [-0.2, 0) is 9.84 Å². The first-order valence-corrected chi connectivity index (χ1v) is 9.63. The van der Waals surface area contributed by atoms with Crippen molar-refractivity contribution in [2.75, 3.05) is 25.1 Å². The van der Waals surface area contributed by atoms with Crippen molar-refractivity contribution >= 4 is 15.9 Å². The summed E-state index contributed by atoms with van der Waals surface area (Å²) >= 11 is 0. The summed E-state index contributed by atoms with van der Waals surface area (Å²) in [7, 11) is -2.99. The van der Waals surface area contributed by atoms with Crippen LogP contribution in [0.5, 0.6) is 0 Å². The van der Waals surface area contributed by atoms with Crippen LogP contribution in [-0.4, -0.2) is 60.7 Å². The highest BCUT2D eigenvalue weighted by Gasteiger charge is 2.26. The second kappa shape index (κ2) is 7.13. The van der Waals surface area contributed by atoms with Crippen LogP contribution in [0.1, 0.15) is 37.8 Å². The third-order valence-corrected chi connectivity index (χ3v) is 4.94. The van der Waals surface area contributed by atoms with Crippen molar-refractivity contribution in [2.24, 2.45) is 0 Å². The molecule has 1 aliphatic heterocycles. The molecule has 0 radical (unpaired) electrons. The van der Waals surface area contributed by atoms with Gasteiger partial charge in [-0.25, -0.2) is 13.2 Å². The summed E-state index contributed by atoms with van der Waals surface area (Å²) in [5, 5.41) is 9.82. The Labute approximate surface area is 131 Å². The molecule has 7 nitrogen and oxygen atoms in total. The average Bonchev–Trinajstić information content (AvgIpc) is 2.99. The van der Waals surface area contributed by atoms with E-state index in [1.165, 1.54) is 6.26 Å². The largest absolute Gasteiger partial charge is 0.336 e. The van der Waals surface area contributed by atoms with Crippen molar-refractivity contribution in [1.29, 1.82) is 0 Å². The monoisotopic (exact) mass is 328 g/mol. The number of hydrogen-bond donors (Lipinski definition) is 2. The van der Waals surface area contributed by atoms with Crippen molar-refractivity contribution in [3.8, 4) is 0 Å². The van der Waals surface area contributed by atoms with E-state index in [2.05, 4.69) is 15.5 Å². The Kier molecular flexibility index (Phi) is 5.44. The number of amides is 2. The van der Waals surface area contributed by atoms with Crippen molar-refractivity contribution in [2.45, 2.75) is 38.1 Å². The van der Waals surface area contributed by atoms with Gasteiger partial charge in [-0.2, -0.15) is 5.10 Å². The predicted octanol–water partition coefficient (Wildman–Crippen LogP) is 1.12. The first kappa shape index (κ1) is 16.8. The number of H-pyrrole nitrogens is 1. The molecule has 0 aromatic carbocycles. The van der Waals surface area contributed by atoms with Gasteiger partial charge in [-0.1, -0.05) is 0 Å². The molecule has 0 aliphatic carbocycles. The Morgan fingerprint density at radius 2 is 2.36 bits per heavy atom. The van der Waals surface area contributed by atoms with Gasteiger partial charge < -0.3 is 10.2 Å². The lowest BCUT2D eigenvalue weighted by Gasteiger charge is -2.33. The molecule has 1 fully saturated rings. The van der Waals surface area contributed by atoms with Gasteiger partial charge in [0.25, 0.3) is 0 Å². The van der Waals surface area contributed by atoms with E-state index in [1.807, 2.05) is 13.0 Å². The van der Waals surface area contributed by atoms with E-state index >= 15 is 0 Å². The van der Waals surface area contributed by atoms with Gasteiger partial charge in [0.15, 0.2) is 0 Å². The molecule has 1 aromatic heterocycles. The summed E-state index contributed by atoms with van der Waals surface area (Å²) < 4.78 is 22.3. The molecule has 1 aromatic rings. The summed E-state index contributed by atoms with van der Waals surface area (Å²) in [6.45, 7) is 3.22. The van der Waals surface area contributed by atoms with E-state index in [0.29, 0.717) is 13.0 Å². The fourth-order valence-corrected chi connectivity index (χ4v) is 3.46. The van der Waals surface area contributed by atoms with Crippen molar-refractivity contribution in [3.05, 3.63) is 18.0 Å². The molecule has 0 saturated carbocycles. The lowest BCUT2D eigenvalue weighted by atomic mass is 9.95. The molecule has 2 heterocycles. The maximum absolute atomic E-state index is 12.3. The van der Waals surface area contributed by atoms with E-state index in [9.17, 15) is 13.2 Å². The molecule has 2 unspecified atom stereocenters. The minimum Gasteiger partial charge on any atom is -0.336 e. The summed E-state index contributed by atoms with van der Waals surface area (Å²) in [6.07, 6.45) is 5.36. The second-order valence-corrected chi connectivity index (χ2v) is 8.33. The highest BCUT2D eigenvalue weighted by Crippen LogP contribution is 2.25. The average molecular weight is 328 g/mol. The minimum atomic E-state index is -2.99. The summed E-state index contributed by atoms with van der Waals surface area (Å²) in [5.74, 6) is 0.374. The number of piperidine rings is 1. The van der Waals surface area contributed by atoms with E-state index in [-0.39, 0.29) is 23.7 Å². The van der Waals surface area contributed by atoms with Crippen LogP contribution in [0, 0.1) is 0 Å². The number of rotatable bonds is 5. The smallest absolute Gasteiger partial charge is 0.317 e. The molecule has 2 N–H and O–H groups in total. The molecule has 8 heteroatoms. The quantitative estimate of drug-likeness (QED) is 0.847. The first-order valence-electron chi connectivity index (χ1n) is 7.57. The first-order chi connectivity index (χ1) is 10.3. The number of nitrogens with zero attached hydrogens (tertiary/aromatic N) is 2. The predicted molar refractivity (Wildman–Crippen MR) is 84.5 cm³/mol. The highest BCUT2D eigenvalue weighted by atomic mass is 32.2.